The van der Waals surface area contributed by atoms with Crippen molar-refractivity contribution in [2.24, 2.45) is 0 Å². The number of pyridine rings is 2. The third-order valence-corrected chi connectivity index (χ3v) is 5.20. The van der Waals surface area contributed by atoms with Gasteiger partial charge in [0.2, 0.25) is 0 Å². The van der Waals surface area contributed by atoms with Crippen molar-refractivity contribution in [2.45, 2.75) is 13.0 Å². The van der Waals surface area contributed by atoms with E-state index in [1.54, 1.807) is 12.4 Å². The van der Waals surface area contributed by atoms with Gasteiger partial charge in [0.05, 0.1) is 30.0 Å². The van der Waals surface area contributed by atoms with Crippen LogP contribution < -0.4 is 14.8 Å². The molecule has 2 aromatic carbocycles. The number of benzene rings is 2. The molecule has 3 heterocycles. The highest BCUT2D eigenvalue weighted by Gasteiger charge is 2.15. The quantitative estimate of drug-likeness (QED) is 0.539. The molecule has 0 radical (unpaired) electrons. The fourth-order valence-electron chi connectivity index (χ4n) is 3.63. The average Bonchev–Trinajstić information content (AvgIpc) is 3.07. The predicted molar refractivity (Wildman–Crippen MR) is 118 cm³/mol. The number of hydrogen-bond acceptors (Lipinski definition) is 5. The van der Waals surface area contributed by atoms with E-state index in [9.17, 15) is 4.79 Å². The van der Waals surface area contributed by atoms with Gasteiger partial charge in [-0.15, -0.1) is 0 Å². The lowest BCUT2D eigenvalue weighted by Gasteiger charge is -2.12. The Morgan fingerprint density at radius 3 is 2.61 bits per heavy atom. The van der Waals surface area contributed by atoms with E-state index in [4.69, 9.17) is 14.5 Å². The van der Waals surface area contributed by atoms with E-state index >= 15 is 0 Å². The van der Waals surface area contributed by atoms with Gasteiger partial charge in [-0.05, 0) is 42.0 Å². The minimum absolute atomic E-state index is 0.152. The van der Waals surface area contributed by atoms with E-state index in [0.717, 1.165) is 45.6 Å². The van der Waals surface area contributed by atoms with Crippen molar-refractivity contribution in [2.75, 3.05) is 13.2 Å². The van der Waals surface area contributed by atoms with Crippen molar-refractivity contribution in [3.63, 3.8) is 0 Å². The molecular weight excluding hydrogens is 390 g/mol. The van der Waals surface area contributed by atoms with E-state index in [1.165, 1.54) is 0 Å². The smallest absolute Gasteiger partial charge is 0.252 e. The Balaban J connectivity index is 1.42. The number of nitrogens with zero attached hydrogens (tertiary/aromatic N) is 2. The van der Waals surface area contributed by atoms with Crippen LogP contribution in [-0.4, -0.2) is 29.1 Å². The van der Waals surface area contributed by atoms with E-state index in [2.05, 4.69) is 10.3 Å². The standard InChI is InChI=1S/C25H21N3O3/c29-25(27-16-17-6-7-23-24(14-17)31-13-3-12-30-23)20-15-22(18-8-10-26-11-9-18)28-21-5-2-1-4-19(20)21/h1-2,4-11,14-15H,3,12-13,16H2,(H,27,29). The lowest BCUT2D eigenvalue weighted by atomic mass is 10.0. The summed E-state index contributed by atoms with van der Waals surface area (Å²) in [4.78, 5) is 21.9. The van der Waals surface area contributed by atoms with Gasteiger partial charge in [-0.2, -0.15) is 0 Å². The molecule has 2 aromatic heterocycles. The lowest BCUT2D eigenvalue weighted by Crippen LogP contribution is -2.23. The zero-order valence-corrected chi connectivity index (χ0v) is 16.9. The summed E-state index contributed by atoms with van der Waals surface area (Å²) in [5, 5.41) is 3.85. The van der Waals surface area contributed by atoms with Crippen LogP contribution in [0.5, 0.6) is 11.5 Å². The zero-order chi connectivity index (χ0) is 21.0. The van der Waals surface area contributed by atoms with Crippen molar-refractivity contribution in [1.82, 2.24) is 15.3 Å². The van der Waals surface area contributed by atoms with Crippen molar-refractivity contribution in [1.29, 1.82) is 0 Å². The third kappa shape index (κ3) is 4.05. The summed E-state index contributed by atoms with van der Waals surface area (Å²) in [5.74, 6) is 1.31. The molecule has 1 aliphatic rings. The molecule has 0 bridgehead atoms. The molecule has 5 rings (SSSR count). The molecule has 1 amide bonds. The lowest BCUT2D eigenvalue weighted by molar-refractivity contribution is 0.0952. The summed E-state index contributed by atoms with van der Waals surface area (Å²) < 4.78 is 11.4. The van der Waals surface area contributed by atoms with Gasteiger partial charge in [0.25, 0.3) is 5.91 Å². The number of nitrogens with one attached hydrogen (secondary N) is 1. The fourth-order valence-corrected chi connectivity index (χ4v) is 3.63. The van der Waals surface area contributed by atoms with Gasteiger partial charge in [0, 0.05) is 36.3 Å². The Morgan fingerprint density at radius 2 is 1.74 bits per heavy atom. The van der Waals surface area contributed by atoms with Gasteiger partial charge in [-0.3, -0.25) is 9.78 Å². The first-order valence-electron chi connectivity index (χ1n) is 10.2. The van der Waals surface area contributed by atoms with Crippen LogP contribution in [0.15, 0.2) is 73.1 Å². The maximum absolute atomic E-state index is 13.2. The number of amides is 1. The van der Waals surface area contributed by atoms with Gasteiger partial charge in [-0.1, -0.05) is 24.3 Å². The number of aromatic nitrogens is 2. The Morgan fingerprint density at radius 1 is 0.935 bits per heavy atom. The van der Waals surface area contributed by atoms with E-state index < -0.39 is 0 Å². The molecular formula is C25H21N3O3. The van der Waals surface area contributed by atoms with Crippen LogP contribution in [0.2, 0.25) is 0 Å². The first kappa shape index (κ1) is 19.1. The van der Waals surface area contributed by atoms with Crippen LogP contribution in [0, 0.1) is 0 Å². The molecule has 0 atom stereocenters. The van der Waals surface area contributed by atoms with Gasteiger partial charge in [0.15, 0.2) is 11.5 Å². The largest absolute Gasteiger partial charge is 0.490 e. The molecule has 6 nitrogen and oxygen atoms in total. The molecule has 0 aliphatic carbocycles. The number of fused-ring (bicyclic) bond motifs is 2. The number of carbonyl (C=O) groups is 1. The van der Waals surface area contributed by atoms with Gasteiger partial charge >= 0.3 is 0 Å². The maximum Gasteiger partial charge on any atom is 0.252 e. The Hall–Kier alpha value is -3.93. The van der Waals surface area contributed by atoms with E-state index in [-0.39, 0.29) is 5.91 Å². The molecule has 0 saturated heterocycles. The number of rotatable bonds is 4. The molecule has 0 spiro atoms. The molecule has 31 heavy (non-hydrogen) atoms. The van der Waals surface area contributed by atoms with Gasteiger partial charge in [0.1, 0.15) is 0 Å². The van der Waals surface area contributed by atoms with Gasteiger partial charge < -0.3 is 14.8 Å². The molecule has 1 aliphatic heterocycles. The number of ether oxygens (including phenoxy) is 2. The molecule has 4 aromatic rings. The Bertz CT molecular complexity index is 1240. The zero-order valence-electron chi connectivity index (χ0n) is 16.9. The first-order chi connectivity index (χ1) is 15.3. The van der Waals surface area contributed by atoms with E-state index in [1.807, 2.05) is 60.7 Å². The second-order valence-electron chi connectivity index (χ2n) is 7.32. The maximum atomic E-state index is 13.2. The van der Waals surface area contributed by atoms with Crippen LogP contribution in [0.25, 0.3) is 22.2 Å². The molecule has 0 saturated carbocycles. The van der Waals surface area contributed by atoms with Crippen LogP contribution >= 0.6 is 0 Å². The third-order valence-electron chi connectivity index (χ3n) is 5.20. The monoisotopic (exact) mass is 411 g/mol. The SMILES string of the molecule is O=C(NCc1ccc2c(c1)OCCCO2)c1cc(-c2ccncc2)nc2ccccc12. The molecule has 0 unspecified atom stereocenters. The highest BCUT2D eigenvalue weighted by molar-refractivity contribution is 6.07. The van der Waals surface area contributed by atoms with Crippen LogP contribution in [0.4, 0.5) is 0 Å². The molecule has 1 N–H and O–H groups in total. The second-order valence-corrected chi connectivity index (χ2v) is 7.32. The summed E-state index contributed by atoms with van der Waals surface area (Å²) in [6.45, 7) is 1.67. The second kappa shape index (κ2) is 8.44. The summed E-state index contributed by atoms with van der Waals surface area (Å²) in [6.07, 6.45) is 4.29. The van der Waals surface area contributed by atoms with Crippen LogP contribution in [0.1, 0.15) is 22.3 Å². The van der Waals surface area contributed by atoms with Crippen LogP contribution in [-0.2, 0) is 6.54 Å². The molecule has 154 valence electrons. The number of carbonyl (C=O) groups excluding carboxylic acids is 1. The number of para-hydroxylation sites is 1. The summed E-state index contributed by atoms with van der Waals surface area (Å²) in [5.41, 5.74) is 3.97. The van der Waals surface area contributed by atoms with Gasteiger partial charge in [-0.25, -0.2) is 4.98 Å². The normalized spacial score (nSPS) is 12.9. The topological polar surface area (TPSA) is 73.3 Å². The van der Waals surface area contributed by atoms with Crippen molar-refractivity contribution < 1.29 is 14.3 Å². The first-order valence-corrected chi connectivity index (χ1v) is 10.2. The minimum atomic E-state index is -0.152. The summed E-state index contributed by atoms with van der Waals surface area (Å²) in [6, 6.07) is 19.0. The highest BCUT2D eigenvalue weighted by Crippen LogP contribution is 2.30. The van der Waals surface area contributed by atoms with E-state index in [0.29, 0.717) is 25.3 Å². The highest BCUT2D eigenvalue weighted by atomic mass is 16.5. The Labute approximate surface area is 179 Å². The molecule has 6 heteroatoms. The average molecular weight is 411 g/mol. The molecule has 0 fully saturated rings. The Kier molecular flexibility index (Phi) is 5.19. The van der Waals surface area contributed by atoms with Crippen molar-refractivity contribution in [3.8, 4) is 22.8 Å². The van der Waals surface area contributed by atoms with Crippen molar-refractivity contribution >= 4 is 16.8 Å². The predicted octanol–water partition coefficient (Wildman–Crippen LogP) is 4.39. The fraction of sp³-hybridized carbons (Fsp3) is 0.160. The van der Waals surface area contributed by atoms with Crippen LogP contribution in [0.3, 0.4) is 0 Å². The number of hydrogen-bond donors (Lipinski definition) is 1. The summed E-state index contributed by atoms with van der Waals surface area (Å²) >= 11 is 0. The summed E-state index contributed by atoms with van der Waals surface area (Å²) in [7, 11) is 0. The van der Waals surface area contributed by atoms with Crippen molar-refractivity contribution in [3.05, 3.63) is 84.2 Å². The minimum Gasteiger partial charge on any atom is -0.490 e.